The van der Waals surface area contributed by atoms with Crippen LogP contribution in [0.15, 0.2) is 0 Å². The van der Waals surface area contributed by atoms with Crippen molar-refractivity contribution in [3.05, 3.63) is 0 Å². The average Bonchev–Trinajstić information content (AvgIpc) is 2.72. The van der Waals surface area contributed by atoms with Crippen molar-refractivity contribution in [3.63, 3.8) is 0 Å². The number of rotatable bonds is 2. The Bertz CT molecular complexity index is 133. The predicted molar refractivity (Wildman–Crippen MR) is 66.1 cm³/mol. The van der Waals surface area contributed by atoms with Crippen LogP contribution in [0.3, 0.4) is 0 Å². The van der Waals surface area contributed by atoms with E-state index in [9.17, 15) is 0 Å². The third-order valence-corrected chi connectivity index (χ3v) is 2.85. The third-order valence-electron chi connectivity index (χ3n) is 2.85. The summed E-state index contributed by atoms with van der Waals surface area (Å²) in [6.07, 6.45) is 7.39. The number of carboxylic acids is 1. The average molecular weight is 216 g/mol. The van der Waals surface area contributed by atoms with Crippen molar-refractivity contribution in [1.29, 1.82) is 0 Å². The van der Waals surface area contributed by atoms with Crippen molar-refractivity contribution in [2.24, 2.45) is 11.8 Å². The highest BCUT2D eigenvalue weighted by atomic mass is 16.4. The van der Waals surface area contributed by atoms with E-state index in [2.05, 4.69) is 13.8 Å². The maximum Gasteiger partial charge on any atom is 0.300 e. The molecule has 0 bridgehead atoms. The van der Waals surface area contributed by atoms with Gasteiger partial charge in [0.05, 0.1) is 0 Å². The molecule has 0 aromatic carbocycles. The molecule has 1 aliphatic carbocycles. The van der Waals surface area contributed by atoms with Crippen LogP contribution in [0.25, 0.3) is 0 Å². The summed E-state index contributed by atoms with van der Waals surface area (Å²) < 4.78 is 0. The fourth-order valence-corrected chi connectivity index (χ4v) is 1.86. The molecule has 92 valence electrons. The molecule has 0 spiro atoms. The maximum absolute atomic E-state index is 9.00. The Balaban J connectivity index is 0. The van der Waals surface area contributed by atoms with Gasteiger partial charge >= 0.3 is 0 Å². The van der Waals surface area contributed by atoms with Crippen molar-refractivity contribution in [3.8, 4) is 0 Å². The first-order valence-electron chi connectivity index (χ1n) is 6.27. The van der Waals surface area contributed by atoms with Crippen LogP contribution in [-0.4, -0.2) is 11.1 Å². The van der Waals surface area contributed by atoms with Gasteiger partial charge in [0.15, 0.2) is 0 Å². The Morgan fingerprint density at radius 1 is 1.33 bits per heavy atom. The molecule has 0 saturated heterocycles. The van der Waals surface area contributed by atoms with Gasteiger partial charge in [-0.15, -0.1) is 0 Å². The van der Waals surface area contributed by atoms with Gasteiger partial charge in [0, 0.05) is 6.92 Å². The molecule has 0 radical (unpaired) electrons. The SMILES string of the molecule is CC.CC(=O)O.CCC(C)C1CCCC1. The van der Waals surface area contributed by atoms with E-state index < -0.39 is 5.97 Å². The number of hydrogen-bond acceptors (Lipinski definition) is 1. The van der Waals surface area contributed by atoms with E-state index in [0.717, 1.165) is 18.8 Å². The lowest BCUT2D eigenvalue weighted by Crippen LogP contribution is -2.05. The van der Waals surface area contributed by atoms with Crippen LogP contribution in [0.1, 0.15) is 66.7 Å². The summed E-state index contributed by atoms with van der Waals surface area (Å²) in [5.74, 6) is 1.24. The van der Waals surface area contributed by atoms with Gasteiger partial charge in [-0.2, -0.15) is 0 Å². The second kappa shape index (κ2) is 11.5. The van der Waals surface area contributed by atoms with E-state index in [-0.39, 0.29) is 0 Å². The first-order chi connectivity index (χ1) is 7.07. The molecular formula is C13H28O2. The van der Waals surface area contributed by atoms with E-state index in [0.29, 0.717) is 0 Å². The van der Waals surface area contributed by atoms with Gasteiger partial charge in [-0.3, -0.25) is 4.79 Å². The minimum atomic E-state index is -0.833. The second-order valence-corrected chi connectivity index (χ2v) is 3.95. The molecule has 1 atom stereocenters. The van der Waals surface area contributed by atoms with Crippen molar-refractivity contribution < 1.29 is 9.90 Å². The standard InChI is InChI=1S/C9H18.C2H4O2.C2H6/c1-3-8(2)9-6-4-5-7-9;1-2(3)4;1-2/h8-9H,3-7H2,1-2H3;1H3,(H,3,4);1-2H3. The summed E-state index contributed by atoms with van der Waals surface area (Å²) in [6, 6.07) is 0. The molecule has 2 nitrogen and oxygen atoms in total. The Labute approximate surface area is 95.1 Å². The normalized spacial score (nSPS) is 16.9. The zero-order valence-corrected chi connectivity index (χ0v) is 11.0. The van der Waals surface area contributed by atoms with Gasteiger partial charge in [0.25, 0.3) is 5.97 Å². The molecule has 0 amide bonds. The largest absolute Gasteiger partial charge is 0.481 e. The lowest BCUT2D eigenvalue weighted by Gasteiger charge is -2.15. The highest BCUT2D eigenvalue weighted by molar-refractivity contribution is 5.62. The molecule has 0 heterocycles. The third kappa shape index (κ3) is 11.4. The van der Waals surface area contributed by atoms with Gasteiger partial charge < -0.3 is 5.11 Å². The summed E-state index contributed by atoms with van der Waals surface area (Å²) in [7, 11) is 0. The topological polar surface area (TPSA) is 37.3 Å². The van der Waals surface area contributed by atoms with Crippen LogP contribution in [-0.2, 0) is 4.79 Å². The molecule has 1 aliphatic rings. The monoisotopic (exact) mass is 216 g/mol. The number of hydrogen-bond donors (Lipinski definition) is 1. The molecule has 1 fully saturated rings. The lowest BCUT2D eigenvalue weighted by molar-refractivity contribution is -0.134. The highest BCUT2D eigenvalue weighted by Gasteiger charge is 2.19. The molecule has 1 rings (SSSR count). The smallest absolute Gasteiger partial charge is 0.300 e. The van der Waals surface area contributed by atoms with Gasteiger partial charge in [-0.1, -0.05) is 59.8 Å². The van der Waals surface area contributed by atoms with Crippen LogP contribution < -0.4 is 0 Å². The zero-order chi connectivity index (χ0) is 12.3. The van der Waals surface area contributed by atoms with Crippen molar-refractivity contribution in [1.82, 2.24) is 0 Å². The summed E-state index contributed by atoms with van der Waals surface area (Å²) >= 11 is 0. The van der Waals surface area contributed by atoms with Crippen molar-refractivity contribution >= 4 is 5.97 Å². The van der Waals surface area contributed by atoms with Gasteiger partial charge in [-0.25, -0.2) is 0 Å². The molecule has 15 heavy (non-hydrogen) atoms. The van der Waals surface area contributed by atoms with Crippen LogP contribution in [0.2, 0.25) is 0 Å². The molecule has 0 aliphatic heterocycles. The second-order valence-electron chi connectivity index (χ2n) is 3.95. The summed E-state index contributed by atoms with van der Waals surface area (Å²) in [4.78, 5) is 9.00. The number of carbonyl (C=O) groups is 1. The fraction of sp³-hybridized carbons (Fsp3) is 0.923. The Kier molecular flexibility index (Phi) is 13.0. The summed E-state index contributed by atoms with van der Waals surface area (Å²) in [6.45, 7) is 9.79. The van der Waals surface area contributed by atoms with Gasteiger partial charge in [0.2, 0.25) is 0 Å². The molecular weight excluding hydrogens is 188 g/mol. The Morgan fingerprint density at radius 3 is 1.93 bits per heavy atom. The molecule has 1 saturated carbocycles. The number of carboxylic acid groups (broad SMARTS) is 1. The molecule has 1 unspecified atom stereocenters. The minimum Gasteiger partial charge on any atom is -0.481 e. The van der Waals surface area contributed by atoms with E-state index in [1.165, 1.54) is 32.1 Å². The quantitative estimate of drug-likeness (QED) is 0.745. The van der Waals surface area contributed by atoms with Gasteiger partial charge in [0.1, 0.15) is 0 Å². The van der Waals surface area contributed by atoms with Crippen LogP contribution in [0.5, 0.6) is 0 Å². The number of aliphatic carboxylic acids is 1. The summed E-state index contributed by atoms with van der Waals surface area (Å²) in [5, 5.41) is 7.42. The van der Waals surface area contributed by atoms with Crippen molar-refractivity contribution in [2.45, 2.75) is 66.7 Å². The van der Waals surface area contributed by atoms with Crippen molar-refractivity contribution in [2.75, 3.05) is 0 Å². The molecule has 0 aromatic rings. The first kappa shape index (κ1) is 16.9. The maximum atomic E-state index is 9.00. The Morgan fingerprint density at radius 2 is 1.67 bits per heavy atom. The lowest BCUT2D eigenvalue weighted by atomic mass is 9.91. The molecule has 2 heteroatoms. The molecule has 1 N–H and O–H groups in total. The predicted octanol–water partition coefficient (Wildman–Crippen LogP) is 4.34. The Hall–Kier alpha value is -0.530. The molecule has 0 aromatic heterocycles. The van der Waals surface area contributed by atoms with Crippen LogP contribution in [0, 0.1) is 11.8 Å². The van der Waals surface area contributed by atoms with Crippen LogP contribution in [0.4, 0.5) is 0 Å². The zero-order valence-electron chi connectivity index (χ0n) is 11.0. The van der Waals surface area contributed by atoms with E-state index >= 15 is 0 Å². The first-order valence-corrected chi connectivity index (χ1v) is 6.27. The van der Waals surface area contributed by atoms with Crippen LogP contribution >= 0.6 is 0 Å². The van der Waals surface area contributed by atoms with Gasteiger partial charge in [-0.05, 0) is 11.8 Å². The summed E-state index contributed by atoms with van der Waals surface area (Å²) in [5.41, 5.74) is 0. The fourth-order valence-electron chi connectivity index (χ4n) is 1.86. The minimum absolute atomic E-state index is 0.833. The highest BCUT2D eigenvalue weighted by Crippen LogP contribution is 2.32. The van der Waals surface area contributed by atoms with E-state index in [1.54, 1.807) is 0 Å². The van der Waals surface area contributed by atoms with E-state index in [4.69, 9.17) is 9.90 Å². The van der Waals surface area contributed by atoms with E-state index in [1.807, 2.05) is 13.8 Å².